The zero-order valence-corrected chi connectivity index (χ0v) is 12.5. The fraction of sp³-hybridized carbons (Fsp3) is 0.308. The minimum atomic E-state index is -0.0935. The fourth-order valence-electron chi connectivity index (χ4n) is 1.97. The summed E-state index contributed by atoms with van der Waals surface area (Å²) in [5.41, 5.74) is 0.842. The van der Waals surface area contributed by atoms with Gasteiger partial charge < -0.3 is 9.88 Å². The van der Waals surface area contributed by atoms with E-state index < -0.39 is 0 Å². The third-order valence-electron chi connectivity index (χ3n) is 3.26. The van der Waals surface area contributed by atoms with Gasteiger partial charge in [-0.25, -0.2) is 9.97 Å². The number of aromatic nitrogens is 5. The van der Waals surface area contributed by atoms with Crippen LogP contribution in [0.4, 0.5) is 5.82 Å². The maximum Gasteiger partial charge on any atom is 0.226 e. The highest BCUT2D eigenvalue weighted by atomic mass is 32.1. The molecule has 0 saturated heterocycles. The second-order valence-electron chi connectivity index (χ2n) is 4.63. The summed E-state index contributed by atoms with van der Waals surface area (Å²) in [5.74, 6) is 2.10. The summed E-state index contributed by atoms with van der Waals surface area (Å²) < 4.78 is 2.77. The van der Waals surface area contributed by atoms with Crippen molar-refractivity contribution >= 4 is 33.3 Å². The van der Waals surface area contributed by atoms with E-state index >= 15 is 0 Å². The average Bonchev–Trinajstić information content (AvgIpc) is 3.06. The van der Waals surface area contributed by atoms with Crippen LogP contribution in [0.15, 0.2) is 17.8 Å². The van der Waals surface area contributed by atoms with Crippen LogP contribution in [0, 0.1) is 6.92 Å². The molecule has 108 valence electrons. The van der Waals surface area contributed by atoms with Gasteiger partial charge >= 0.3 is 0 Å². The van der Waals surface area contributed by atoms with Gasteiger partial charge in [0, 0.05) is 19.9 Å². The summed E-state index contributed by atoms with van der Waals surface area (Å²) in [6.07, 6.45) is 2.33. The molecule has 7 nitrogen and oxygen atoms in total. The molecule has 0 atom stereocenters. The molecule has 3 heterocycles. The standard InChI is InChI=1S/C13H14N6OS/c1-8-17-18-10(19(8)2)3-4-11(20)16-13-12-9(5-6-21-12)14-7-15-13/h5-7H,3-4H2,1-2H3,(H,14,15,16,20). The molecule has 0 unspecified atom stereocenters. The Kier molecular flexibility index (Phi) is 3.61. The normalized spacial score (nSPS) is 11.0. The van der Waals surface area contributed by atoms with Crippen molar-refractivity contribution in [3.8, 4) is 0 Å². The zero-order chi connectivity index (χ0) is 14.8. The molecule has 0 aliphatic carbocycles. The van der Waals surface area contributed by atoms with E-state index in [9.17, 15) is 4.79 Å². The zero-order valence-electron chi connectivity index (χ0n) is 11.7. The number of nitrogens with one attached hydrogen (secondary N) is 1. The fourth-order valence-corrected chi connectivity index (χ4v) is 2.76. The minimum absolute atomic E-state index is 0.0935. The average molecular weight is 302 g/mol. The van der Waals surface area contributed by atoms with Crippen LogP contribution in [0.5, 0.6) is 0 Å². The Labute approximate surface area is 125 Å². The molecule has 0 spiro atoms. The van der Waals surface area contributed by atoms with Gasteiger partial charge in [0.15, 0.2) is 5.82 Å². The number of hydrogen-bond acceptors (Lipinski definition) is 6. The van der Waals surface area contributed by atoms with E-state index in [2.05, 4.69) is 25.5 Å². The van der Waals surface area contributed by atoms with E-state index in [0.29, 0.717) is 18.7 Å². The molecule has 0 fully saturated rings. The molecule has 21 heavy (non-hydrogen) atoms. The van der Waals surface area contributed by atoms with E-state index in [4.69, 9.17) is 0 Å². The van der Waals surface area contributed by atoms with Crippen molar-refractivity contribution in [3.63, 3.8) is 0 Å². The van der Waals surface area contributed by atoms with E-state index in [1.165, 1.54) is 17.7 Å². The van der Waals surface area contributed by atoms with Crippen LogP contribution in [0.25, 0.3) is 10.2 Å². The topological polar surface area (TPSA) is 85.6 Å². The number of anilines is 1. The highest BCUT2D eigenvalue weighted by Gasteiger charge is 2.11. The Morgan fingerprint density at radius 1 is 1.38 bits per heavy atom. The molecule has 3 aromatic rings. The monoisotopic (exact) mass is 302 g/mol. The summed E-state index contributed by atoms with van der Waals surface area (Å²) >= 11 is 1.51. The van der Waals surface area contributed by atoms with Crippen molar-refractivity contribution in [2.75, 3.05) is 5.32 Å². The Morgan fingerprint density at radius 2 is 2.24 bits per heavy atom. The molecular formula is C13H14N6OS. The molecule has 0 aliphatic heterocycles. The number of thiophene rings is 1. The van der Waals surface area contributed by atoms with Crippen LogP contribution in [0.2, 0.25) is 0 Å². The highest BCUT2D eigenvalue weighted by molar-refractivity contribution is 7.17. The molecule has 0 radical (unpaired) electrons. The first-order valence-corrected chi connectivity index (χ1v) is 7.36. The SMILES string of the molecule is Cc1nnc(CCC(=O)Nc2ncnc3ccsc23)n1C. The third-order valence-corrected chi connectivity index (χ3v) is 4.17. The number of nitrogens with zero attached hydrogens (tertiary/aromatic N) is 5. The lowest BCUT2D eigenvalue weighted by molar-refractivity contribution is -0.116. The first-order valence-electron chi connectivity index (χ1n) is 6.48. The van der Waals surface area contributed by atoms with Gasteiger partial charge in [-0.15, -0.1) is 21.5 Å². The van der Waals surface area contributed by atoms with Crippen molar-refractivity contribution in [3.05, 3.63) is 29.4 Å². The van der Waals surface area contributed by atoms with Crippen LogP contribution in [-0.2, 0) is 18.3 Å². The molecular weight excluding hydrogens is 288 g/mol. The Morgan fingerprint density at radius 3 is 3.00 bits per heavy atom. The summed E-state index contributed by atoms with van der Waals surface area (Å²) in [6, 6.07) is 1.90. The van der Waals surface area contributed by atoms with Crippen molar-refractivity contribution in [2.24, 2.45) is 7.05 Å². The van der Waals surface area contributed by atoms with Gasteiger partial charge in [-0.1, -0.05) is 0 Å². The first kappa shape index (κ1) is 13.6. The van der Waals surface area contributed by atoms with E-state index in [1.807, 2.05) is 30.0 Å². The molecule has 1 amide bonds. The molecule has 8 heteroatoms. The van der Waals surface area contributed by atoms with Crippen LogP contribution in [0.1, 0.15) is 18.1 Å². The predicted octanol–water partition coefficient (Wildman–Crippen LogP) is 1.70. The maximum absolute atomic E-state index is 12.0. The quantitative estimate of drug-likeness (QED) is 0.792. The molecule has 1 N–H and O–H groups in total. The van der Waals surface area contributed by atoms with Crippen molar-refractivity contribution < 1.29 is 4.79 Å². The van der Waals surface area contributed by atoms with Gasteiger partial charge in [-0.05, 0) is 18.4 Å². The summed E-state index contributed by atoms with van der Waals surface area (Å²) in [5, 5.41) is 12.8. The summed E-state index contributed by atoms with van der Waals surface area (Å²) in [6.45, 7) is 1.88. The van der Waals surface area contributed by atoms with E-state index in [0.717, 1.165) is 21.9 Å². The highest BCUT2D eigenvalue weighted by Crippen LogP contribution is 2.24. The maximum atomic E-state index is 12.0. The number of hydrogen-bond donors (Lipinski definition) is 1. The summed E-state index contributed by atoms with van der Waals surface area (Å²) in [7, 11) is 1.89. The lowest BCUT2D eigenvalue weighted by atomic mass is 10.3. The van der Waals surface area contributed by atoms with Crippen molar-refractivity contribution in [1.29, 1.82) is 0 Å². The first-order chi connectivity index (χ1) is 10.1. The number of carbonyl (C=O) groups is 1. The second kappa shape index (κ2) is 5.57. The van der Waals surface area contributed by atoms with Gasteiger partial charge in [0.05, 0.1) is 10.2 Å². The lowest BCUT2D eigenvalue weighted by Gasteiger charge is -2.05. The largest absolute Gasteiger partial charge is 0.318 e. The van der Waals surface area contributed by atoms with E-state index in [-0.39, 0.29) is 5.91 Å². The molecule has 0 aromatic carbocycles. The van der Waals surface area contributed by atoms with Gasteiger partial charge in [0.25, 0.3) is 0 Å². The number of fused-ring (bicyclic) bond motifs is 1. The molecule has 3 rings (SSSR count). The number of aryl methyl sites for hydroxylation is 2. The summed E-state index contributed by atoms with van der Waals surface area (Å²) in [4.78, 5) is 20.3. The van der Waals surface area contributed by atoms with Crippen LogP contribution in [-0.4, -0.2) is 30.6 Å². The van der Waals surface area contributed by atoms with Gasteiger partial charge in [-0.2, -0.15) is 0 Å². The molecule has 0 aliphatic rings. The number of rotatable bonds is 4. The Balaban J connectivity index is 1.67. The lowest BCUT2D eigenvalue weighted by Crippen LogP contribution is -2.14. The van der Waals surface area contributed by atoms with Crippen molar-refractivity contribution in [2.45, 2.75) is 19.8 Å². The smallest absolute Gasteiger partial charge is 0.226 e. The van der Waals surface area contributed by atoms with Crippen LogP contribution >= 0.6 is 11.3 Å². The Bertz CT molecular complexity index is 793. The van der Waals surface area contributed by atoms with Crippen LogP contribution in [0.3, 0.4) is 0 Å². The predicted molar refractivity (Wildman–Crippen MR) is 80.1 cm³/mol. The minimum Gasteiger partial charge on any atom is -0.318 e. The van der Waals surface area contributed by atoms with Gasteiger partial charge in [-0.3, -0.25) is 4.79 Å². The van der Waals surface area contributed by atoms with Gasteiger partial charge in [0.2, 0.25) is 5.91 Å². The third kappa shape index (κ3) is 2.75. The van der Waals surface area contributed by atoms with E-state index in [1.54, 1.807) is 0 Å². The molecule has 0 bridgehead atoms. The number of amides is 1. The molecule has 3 aromatic heterocycles. The van der Waals surface area contributed by atoms with Crippen molar-refractivity contribution in [1.82, 2.24) is 24.7 Å². The Hall–Kier alpha value is -2.35. The van der Waals surface area contributed by atoms with Crippen LogP contribution < -0.4 is 5.32 Å². The second-order valence-corrected chi connectivity index (χ2v) is 5.54. The number of carbonyl (C=O) groups excluding carboxylic acids is 1. The van der Waals surface area contributed by atoms with Gasteiger partial charge in [0.1, 0.15) is 18.0 Å². The molecule has 0 saturated carbocycles.